The zero-order valence-corrected chi connectivity index (χ0v) is 12.3. The summed E-state index contributed by atoms with van der Waals surface area (Å²) in [5, 5.41) is 3.29. The first-order valence-corrected chi connectivity index (χ1v) is 7.99. The molecule has 2 N–H and O–H groups in total. The Kier molecular flexibility index (Phi) is 5.02. The standard InChI is InChI=1S/C13H22N2O2S/c1-10(2)7-8-14-12-6-5-11(3)13(9-12)15-18(4,16)17/h5-6,9-10,14-15H,7-8H2,1-4H3. The van der Waals surface area contributed by atoms with E-state index in [0.717, 1.165) is 30.5 Å². The summed E-state index contributed by atoms with van der Waals surface area (Å²) in [4.78, 5) is 0. The summed E-state index contributed by atoms with van der Waals surface area (Å²) in [7, 11) is -3.23. The summed E-state index contributed by atoms with van der Waals surface area (Å²) in [6.07, 6.45) is 2.24. The minimum atomic E-state index is -3.23. The van der Waals surface area contributed by atoms with Gasteiger partial charge in [0.1, 0.15) is 0 Å². The zero-order valence-electron chi connectivity index (χ0n) is 11.4. The molecule has 0 aliphatic rings. The van der Waals surface area contributed by atoms with Crippen molar-refractivity contribution in [3.8, 4) is 0 Å². The second-order valence-corrected chi connectivity index (χ2v) is 6.76. The smallest absolute Gasteiger partial charge is 0.229 e. The molecule has 0 radical (unpaired) electrons. The van der Waals surface area contributed by atoms with Gasteiger partial charge in [0.25, 0.3) is 0 Å². The van der Waals surface area contributed by atoms with E-state index in [0.29, 0.717) is 11.6 Å². The van der Waals surface area contributed by atoms with Crippen LogP contribution in [0.15, 0.2) is 18.2 Å². The maximum Gasteiger partial charge on any atom is 0.229 e. The number of benzene rings is 1. The molecule has 0 fully saturated rings. The lowest BCUT2D eigenvalue weighted by atomic mass is 10.1. The van der Waals surface area contributed by atoms with Crippen LogP contribution in [0.5, 0.6) is 0 Å². The molecule has 1 aromatic rings. The molecule has 0 saturated heterocycles. The molecular weight excluding hydrogens is 248 g/mol. The summed E-state index contributed by atoms with van der Waals surface area (Å²) < 4.78 is 25.0. The normalized spacial score (nSPS) is 11.6. The van der Waals surface area contributed by atoms with Crippen molar-refractivity contribution < 1.29 is 8.42 Å². The molecular formula is C13H22N2O2S. The van der Waals surface area contributed by atoms with Crippen molar-refractivity contribution in [3.63, 3.8) is 0 Å². The van der Waals surface area contributed by atoms with E-state index < -0.39 is 10.0 Å². The highest BCUT2D eigenvalue weighted by Crippen LogP contribution is 2.21. The number of hydrogen-bond donors (Lipinski definition) is 2. The first-order valence-electron chi connectivity index (χ1n) is 6.10. The van der Waals surface area contributed by atoms with Crippen LogP contribution >= 0.6 is 0 Å². The highest BCUT2D eigenvalue weighted by Gasteiger charge is 2.06. The van der Waals surface area contributed by atoms with Crippen LogP contribution in [-0.2, 0) is 10.0 Å². The molecule has 0 bridgehead atoms. The molecule has 0 amide bonds. The summed E-state index contributed by atoms with van der Waals surface area (Å²) >= 11 is 0. The minimum absolute atomic E-state index is 0.632. The average Bonchev–Trinajstić information content (AvgIpc) is 2.20. The SMILES string of the molecule is Cc1ccc(NCCC(C)C)cc1NS(C)(=O)=O. The van der Waals surface area contributed by atoms with E-state index in [-0.39, 0.29) is 0 Å². The second kappa shape index (κ2) is 6.09. The van der Waals surface area contributed by atoms with Gasteiger partial charge < -0.3 is 5.32 Å². The molecule has 102 valence electrons. The van der Waals surface area contributed by atoms with Crippen LogP contribution in [0.25, 0.3) is 0 Å². The second-order valence-electron chi connectivity index (χ2n) is 5.01. The van der Waals surface area contributed by atoms with E-state index in [1.54, 1.807) is 0 Å². The number of anilines is 2. The summed E-state index contributed by atoms with van der Waals surface area (Å²) in [5.74, 6) is 0.650. The van der Waals surface area contributed by atoms with E-state index in [1.165, 1.54) is 0 Å². The molecule has 0 unspecified atom stereocenters. The van der Waals surface area contributed by atoms with Gasteiger partial charge in [-0.15, -0.1) is 0 Å². The lowest BCUT2D eigenvalue weighted by Gasteiger charge is -2.12. The van der Waals surface area contributed by atoms with E-state index in [2.05, 4.69) is 23.9 Å². The van der Waals surface area contributed by atoms with Gasteiger partial charge in [0.2, 0.25) is 10.0 Å². The van der Waals surface area contributed by atoms with Crippen molar-refractivity contribution in [2.75, 3.05) is 22.8 Å². The van der Waals surface area contributed by atoms with Gasteiger partial charge in [-0.2, -0.15) is 0 Å². The van der Waals surface area contributed by atoms with Gasteiger partial charge in [-0.05, 0) is 37.0 Å². The molecule has 0 heterocycles. The first-order chi connectivity index (χ1) is 8.28. The van der Waals surface area contributed by atoms with Crippen LogP contribution < -0.4 is 10.0 Å². The van der Waals surface area contributed by atoms with Gasteiger partial charge >= 0.3 is 0 Å². The molecule has 0 spiro atoms. The maximum absolute atomic E-state index is 11.2. The molecule has 0 aliphatic heterocycles. The molecule has 1 rings (SSSR count). The van der Waals surface area contributed by atoms with Crippen LogP contribution in [0, 0.1) is 12.8 Å². The number of aryl methyl sites for hydroxylation is 1. The van der Waals surface area contributed by atoms with Gasteiger partial charge in [0, 0.05) is 12.2 Å². The molecule has 0 aliphatic carbocycles. The molecule has 1 aromatic carbocycles. The lowest BCUT2D eigenvalue weighted by Crippen LogP contribution is -2.11. The van der Waals surface area contributed by atoms with Gasteiger partial charge in [-0.25, -0.2) is 8.42 Å². The Morgan fingerprint density at radius 2 is 1.94 bits per heavy atom. The van der Waals surface area contributed by atoms with E-state index in [9.17, 15) is 8.42 Å². The van der Waals surface area contributed by atoms with Crippen LogP contribution in [0.1, 0.15) is 25.8 Å². The zero-order chi connectivity index (χ0) is 13.8. The number of nitrogens with one attached hydrogen (secondary N) is 2. The maximum atomic E-state index is 11.2. The fourth-order valence-corrected chi connectivity index (χ4v) is 2.17. The first kappa shape index (κ1) is 14.8. The Morgan fingerprint density at radius 3 is 2.50 bits per heavy atom. The van der Waals surface area contributed by atoms with E-state index >= 15 is 0 Å². The molecule has 0 atom stereocenters. The fourth-order valence-electron chi connectivity index (χ4n) is 1.55. The van der Waals surface area contributed by atoms with Crippen LogP contribution in [0.3, 0.4) is 0 Å². The Balaban J connectivity index is 2.74. The molecule has 4 nitrogen and oxygen atoms in total. The van der Waals surface area contributed by atoms with Crippen molar-refractivity contribution in [1.29, 1.82) is 0 Å². The third-order valence-electron chi connectivity index (χ3n) is 2.58. The van der Waals surface area contributed by atoms with Crippen LogP contribution in [0.2, 0.25) is 0 Å². The topological polar surface area (TPSA) is 58.2 Å². The molecule has 0 aromatic heterocycles. The van der Waals surface area contributed by atoms with Crippen molar-refractivity contribution in [3.05, 3.63) is 23.8 Å². The van der Waals surface area contributed by atoms with Crippen molar-refractivity contribution in [2.24, 2.45) is 5.92 Å². The van der Waals surface area contributed by atoms with Crippen molar-refractivity contribution >= 4 is 21.4 Å². The third-order valence-corrected chi connectivity index (χ3v) is 3.17. The Bertz CT molecular complexity index is 496. The van der Waals surface area contributed by atoms with Gasteiger partial charge in [-0.3, -0.25) is 4.72 Å². The highest BCUT2D eigenvalue weighted by atomic mass is 32.2. The van der Waals surface area contributed by atoms with Gasteiger partial charge in [-0.1, -0.05) is 19.9 Å². The minimum Gasteiger partial charge on any atom is -0.385 e. The summed E-state index contributed by atoms with van der Waals surface area (Å²) in [6, 6.07) is 5.70. The van der Waals surface area contributed by atoms with E-state index in [1.807, 2.05) is 25.1 Å². The number of hydrogen-bond acceptors (Lipinski definition) is 3. The highest BCUT2D eigenvalue weighted by molar-refractivity contribution is 7.92. The van der Waals surface area contributed by atoms with Gasteiger partial charge in [0.05, 0.1) is 11.9 Å². The molecule has 0 saturated carbocycles. The number of rotatable bonds is 6. The Hall–Kier alpha value is -1.23. The predicted molar refractivity (Wildman–Crippen MR) is 77.6 cm³/mol. The monoisotopic (exact) mass is 270 g/mol. The quantitative estimate of drug-likeness (QED) is 0.835. The van der Waals surface area contributed by atoms with Crippen molar-refractivity contribution in [2.45, 2.75) is 27.2 Å². The van der Waals surface area contributed by atoms with Crippen LogP contribution in [0.4, 0.5) is 11.4 Å². The molecule has 18 heavy (non-hydrogen) atoms. The average molecular weight is 270 g/mol. The van der Waals surface area contributed by atoms with Gasteiger partial charge in [0.15, 0.2) is 0 Å². The number of sulfonamides is 1. The van der Waals surface area contributed by atoms with E-state index in [4.69, 9.17) is 0 Å². The fraction of sp³-hybridized carbons (Fsp3) is 0.538. The predicted octanol–water partition coefficient (Wildman–Crippen LogP) is 2.82. The summed E-state index contributed by atoms with van der Waals surface area (Å²) in [6.45, 7) is 7.12. The summed E-state index contributed by atoms with van der Waals surface area (Å²) in [5.41, 5.74) is 2.48. The Labute approximate surface area is 110 Å². The molecule has 5 heteroatoms. The lowest BCUT2D eigenvalue weighted by molar-refractivity contribution is 0.607. The van der Waals surface area contributed by atoms with Crippen molar-refractivity contribution in [1.82, 2.24) is 0 Å². The Morgan fingerprint density at radius 1 is 1.28 bits per heavy atom. The largest absolute Gasteiger partial charge is 0.385 e. The van der Waals surface area contributed by atoms with Crippen LogP contribution in [-0.4, -0.2) is 21.2 Å². The third kappa shape index (κ3) is 5.40.